The molecule has 0 aliphatic rings. The van der Waals surface area contributed by atoms with Crippen LogP contribution in [-0.4, -0.2) is 16.5 Å². The van der Waals surface area contributed by atoms with Gasteiger partial charge >= 0.3 is 0 Å². The average Bonchev–Trinajstić information content (AvgIpc) is 2.42. The lowest BCUT2D eigenvalue weighted by molar-refractivity contribution is 0.630. The standard InChI is InChI=1S/C15H17ClFN3/c1-4-18-13-8-12(9(2)3)19-15(20-13)10-6-5-7-11(16)14(10)17/h5-9H,4H2,1-3H3,(H,18,19,20). The van der Waals surface area contributed by atoms with Crippen LogP contribution in [-0.2, 0) is 0 Å². The van der Waals surface area contributed by atoms with Gasteiger partial charge in [-0.2, -0.15) is 0 Å². The molecule has 1 heterocycles. The van der Waals surface area contributed by atoms with Gasteiger partial charge in [0.2, 0.25) is 0 Å². The zero-order valence-corrected chi connectivity index (χ0v) is 12.5. The Bertz CT molecular complexity index is 614. The molecule has 0 fully saturated rings. The van der Waals surface area contributed by atoms with Crippen molar-refractivity contribution < 1.29 is 4.39 Å². The Morgan fingerprint density at radius 2 is 2.05 bits per heavy atom. The Morgan fingerprint density at radius 1 is 1.30 bits per heavy atom. The summed E-state index contributed by atoms with van der Waals surface area (Å²) in [7, 11) is 0. The third-order valence-electron chi connectivity index (χ3n) is 2.89. The van der Waals surface area contributed by atoms with E-state index in [0.29, 0.717) is 17.2 Å². The van der Waals surface area contributed by atoms with Gasteiger partial charge in [-0.05, 0) is 25.0 Å². The number of hydrogen-bond donors (Lipinski definition) is 1. The molecule has 1 N–H and O–H groups in total. The lowest BCUT2D eigenvalue weighted by atomic mass is 10.1. The van der Waals surface area contributed by atoms with Crippen molar-refractivity contribution in [1.82, 2.24) is 9.97 Å². The molecule has 2 aromatic rings. The monoisotopic (exact) mass is 293 g/mol. The van der Waals surface area contributed by atoms with Crippen molar-refractivity contribution in [3.8, 4) is 11.4 Å². The van der Waals surface area contributed by atoms with E-state index >= 15 is 0 Å². The van der Waals surface area contributed by atoms with Crippen LogP contribution in [0.2, 0.25) is 5.02 Å². The molecule has 0 unspecified atom stereocenters. The first kappa shape index (κ1) is 14.7. The molecule has 106 valence electrons. The maximum Gasteiger partial charge on any atom is 0.164 e. The molecular weight excluding hydrogens is 277 g/mol. The number of rotatable bonds is 4. The van der Waals surface area contributed by atoms with Gasteiger partial charge in [0.15, 0.2) is 11.6 Å². The number of halogens is 2. The lowest BCUT2D eigenvalue weighted by Gasteiger charge is -2.11. The highest BCUT2D eigenvalue weighted by molar-refractivity contribution is 6.31. The average molecular weight is 294 g/mol. The number of nitrogens with one attached hydrogen (secondary N) is 1. The van der Waals surface area contributed by atoms with Crippen LogP contribution in [0.25, 0.3) is 11.4 Å². The van der Waals surface area contributed by atoms with E-state index in [1.165, 1.54) is 6.07 Å². The summed E-state index contributed by atoms with van der Waals surface area (Å²) < 4.78 is 14.1. The fourth-order valence-electron chi connectivity index (χ4n) is 1.83. The maximum atomic E-state index is 14.1. The van der Waals surface area contributed by atoms with Gasteiger partial charge < -0.3 is 5.32 Å². The van der Waals surface area contributed by atoms with Gasteiger partial charge in [0, 0.05) is 18.3 Å². The fraction of sp³-hybridized carbons (Fsp3) is 0.333. The van der Waals surface area contributed by atoms with Crippen LogP contribution in [0, 0.1) is 5.82 Å². The molecule has 0 spiro atoms. The highest BCUT2D eigenvalue weighted by Gasteiger charge is 2.14. The SMILES string of the molecule is CCNc1cc(C(C)C)nc(-c2cccc(Cl)c2F)n1. The second kappa shape index (κ2) is 6.18. The highest BCUT2D eigenvalue weighted by atomic mass is 35.5. The predicted molar refractivity (Wildman–Crippen MR) is 80.7 cm³/mol. The van der Waals surface area contributed by atoms with Gasteiger partial charge in [-0.3, -0.25) is 0 Å². The molecule has 0 aliphatic heterocycles. The third-order valence-corrected chi connectivity index (χ3v) is 3.18. The Hall–Kier alpha value is -1.68. The normalized spacial score (nSPS) is 10.9. The van der Waals surface area contributed by atoms with Crippen molar-refractivity contribution in [3.05, 3.63) is 40.8 Å². The topological polar surface area (TPSA) is 37.8 Å². The van der Waals surface area contributed by atoms with E-state index in [9.17, 15) is 4.39 Å². The van der Waals surface area contributed by atoms with Gasteiger partial charge in [-0.15, -0.1) is 0 Å². The van der Waals surface area contributed by atoms with Crippen LogP contribution in [0.4, 0.5) is 10.2 Å². The van der Waals surface area contributed by atoms with E-state index in [1.54, 1.807) is 12.1 Å². The Morgan fingerprint density at radius 3 is 2.70 bits per heavy atom. The molecule has 0 radical (unpaired) electrons. The summed E-state index contributed by atoms with van der Waals surface area (Å²) >= 11 is 5.82. The molecule has 0 atom stereocenters. The van der Waals surface area contributed by atoms with E-state index in [0.717, 1.165) is 12.2 Å². The number of benzene rings is 1. The number of anilines is 1. The molecule has 1 aromatic carbocycles. The van der Waals surface area contributed by atoms with Gasteiger partial charge in [0.25, 0.3) is 0 Å². The van der Waals surface area contributed by atoms with E-state index in [1.807, 2.05) is 26.8 Å². The van der Waals surface area contributed by atoms with Crippen LogP contribution in [0.1, 0.15) is 32.4 Å². The lowest BCUT2D eigenvalue weighted by Crippen LogP contribution is -2.05. The van der Waals surface area contributed by atoms with E-state index in [2.05, 4.69) is 15.3 Å². The van der Waals surface area contributed by atoms with Crippen LogP contribution in [0.5, 0.6) is 0 Å². The molecule has 0 amide bonds. The molecule has 2 rings (SSSR count). The first-order chi connectivity index (χ1) is 9.52. The van der Waals surface area contributed by atoms with Crippen molar-refractivity contribution in [1.29, 1.82) is 0 Å². The van der Waals surface area contributed by atoms with Gasteiger partial charge in [-0.1, -0.05) is 31.5 Å². The van der Waals surface area contributed by atoms with Crippen molar-refractivity contribution in [2.45, 2.75) is 26.7 Å². The van der Waals surface area contributed by atoms with Crippen LogP contribution in [0.3, 0.4) is 0 Å². The van der Waals surface area contributed by atoms with Gasteiger partial charge in [-0.25, -0.2) is 14.4 Å². The van der Waals surface area contributed by atoms with E-state index in [-0.39, 0.29) is 10.9 Å². The highest BCUT2D eigenvalue weighted by Crippen LogP contribution is 2.27. The largest absolute Gasteiger partial charge is 0.370 e. The first-order valence-corrected chi connectivity index (χ1v) is 6.98. The number of aromatic nitrogens is 2. The summed E-state index contributed by atoms with van der Waals surface area (Å²) in [5, 5.41) is 3.22. The minimum Gasteiger partial charge on any atom is -0.370 e. The molecule has 0 saturated carbocycles. The van der Waals surface area contributed by atoms with Gasteiger partial charge in [0.1, 0.15) is 5.82 Å². The summed E-state index contributed by atoms with van der Waals surface area (Å²) in [6.45, 7) is 6.80. The summed E-state index contributed by atoms with van der Waals surface area (Å²) in [4.78, 5) is 8.79. The molecule has 5 heteroatoms. The summed E-state index contributed by atoms with van der Waals surface area (Å²) in [6, 6.07) is 6.73. The summed E-state index contributed by atoms with van der Waals surface area (Å²) in [5.41, 5.74) is 1.18. The first-order valence-electron chi connectivity index (χ1n) is 6.60. The molecule has 3 nitrogen and oxygen atoms in total. The van der Waals surface area contributed by atoms with Crippen LogP contribution in [0.15, 0.2) is 24.3 Å². The zero-order valence-electron chi connectivity index (χ0n) is 11.7. The second-order valence-corrected chi connectivity index (χ2v) is 5.20. The fourth-order valence-corrected chi connectivity index (χ4v) is 2.00. The second-order valence-electron chi connectivity index (χ2n) is 4.79. The van der Waals surface area contributed by atoms with Crippen molar-refractivity contribution in [2.75, 3.05) is 11.9 Å². The quantitative estimate of drug-likeness (QED) is 0.902. The zero-order chi connectivity index (χ0) is 14.7. The maximum absolute atomic E-state index is 14.1. The minimum absolute atomic E-state index is 0.0750. The van der Waals surface area contributed by atoms with E-state index in [4.69, 9.17) is 11.6 Å². The van der Waals surface area contributed by atoms with Crippen molar-refractivity contribution >= 4 is 17.4 Å². The molecule has 0 aliphatic carbocycles. The van der Waals surface area contributed by atoms with Crippen LogP contribution < -0.4 is 5.32 Å². The molecule has 1 aromatic heterocycles. The molecule has 20 heavy (non-hydrogen) atoms. The molecular formula is C15H17ClFN3. The Labute approximate surface area is 123 Å². The van der Waals surface area contributed by atoms with Gasteiger partial charge in [0.05, 0.1) is 10.6 Å². The Balaban J connectivity index is 2.57. The number of hydrogen-bond acceptors (Lipinski definition) is 3. The van der Waals surface area contributed by atoms with Crippen LogP contribution >= 0.6 is 11.6 Å². The predicted octanol–water partition coefficient (Wildman–Crippen LogP) is 4.49. The van der Waals surface area contributed by atoms with Crippen molar-refractivity contribution in [3.63, 3.8) is 0 Å². The van der Waals surface area contributed by atoms with E-state index < -0.39 is 5.82 Å². The molecule has 0 saturated heterocycles. The molecule has 0 bridgehead atoms. The van der Waals surface area contributed by atoms with Crippen molar-refractivity contribution in [2.24, 2.45) is 0 Å². The number of nitrogens with zero attached hydrogens (tertiary/aromatic N) is 2. The smallest absolute Gasteiger partial charge is 0.164 e. The minimum atomic E-state index is -0.488. The summed E-state index contributed by atoms with van der Waals surface area (Å²) in [6.07, 6.45) is 0. The summed E-state index contributed by atoms with van der Waals surface area (Å²) in [5.74, 6) is 0.793. The Kier molecular flexibility index (Phi) is 4.55. The third kappa shape index (κ3) is 3.07.